The number of ether oxygens (including phenoxy) is 1. The van der Waals surface area contributed by atoms with Crippen LogP contribution in [0.3, 0.4) is 0 Å². The molecule has 0 saturated carbocycles. The Morgan fingerprint density at radius 2 is 1.93 bits per heavy atom. The second-order valence-corrected chi connectivity index (χ2v) is 7.26. The van der Waals surface area contributed by atoms with E-state index in [1.807, 2.05) is 0 Å². The standard InChI is InChI=1S/C17H9Cl2F3N2O3S/c18-10-5-8(17(20,21)22)6-23-15(10)24-12(25)7-27-16(26)14-13(19)9-3-1-2-4-11(9)28-14/h1-6H,7H2,(H,23,24,25). The van der Waals surface area contributed by atoms with Gasteiger partial charge in [-0.1, -0.05) is 41.4 Å². The third kappa shape index (κ3) is 4.37. The highest BCUT2D eigenvalue weighted by Gasteiger charge is 2.31. The van der Waals surface area contributed by atoms with Crippen LogP contribution in [0.25, 0.3) is 10.1 Å². The van der Waals surface area contributed by atoms with Gasteiger partial charge in [-0.05, 0) is 12.1 Å². The van der Waals surface area contributed by atoms with E-state index in [2.05, 4.69) is 10.3 Å². The lowest BCUT2D eigenvalue weighted by molar-refractivity contribution is -0.137. The Labute approximate surface area is 170 Å². The van der Waals surface area contributed by atoms with Gasteiger partial charge in [-0.2, -0.15) is 13.2 Å². The molecular weight excluding hydrogens is 440 g/mol. The maximum atomic E-state index is 12.6. The van der Waals surface area contributed by atoms with Gasteiger partial charge in [-0.3, -0.25) is 4.79 Å². The van der Waals surface area contributed by atoms with Gasteiger partial charge in [0.1, 0.15) is 4.88 Å². The van der Waals surface area contributed by atoms with Crippen LogP contribution in [0.5, 0.6) is 0 Å². The SMILES string of the molecule is O=C(COC(=O)c1sc2ccccc2c1Cl)Nc1ncc(C(F)(F)F)cc1Cl. The molecule has 0 atom stereocenters. The average Bonchev–Trinajstić information content (AvgIpc) is 2.98. The van der Waals surface area contributed by atoms with Crippen molar-refractivity contribution in [2.75, 3.05) is 11.9 Å². The zero-order valence-corrected chi connectivity index (χ0v) is 16.0. The number of hydrogen-bond acceptors (Lipinski definition) is 5. The summed E-state index contributed by atoms with van der Waals surface area (Å²) in [6, 6.07) is 7.72. The number of halogens is 5. The number of nitrogens with one attached hydrogen (secondary N) is 1. The van der Waals surface area contributed by atoms with Crippen LogP contribution in [0, 0.1) is 0 Å². The Balaban J connectivity index is 1.64. The van der Waals surface area contributed by atoms with Crippen LogP contribution in [0.15, 0.2) is 36.5 Å². The molecule has 0 spiro atoms. The van der Waals surface area contributed by atoms with E-state index < -0.39 is 35.2 Å². The van der Waals surface area contributed by atoms with Gasteiger partial charge in [-0.25, -0.2) is 9.78 Å². The van der Waals surface area contributed by atoms with Crippen molar-refractivity contribution in [1.29, 1.82) is 0 Å². The number of carbonyl (C=O) groups is 2. The molecule has 5 nitrogen and oxygen atoms in total. The van der Waals surface area contributed by atoms with Crippen molar-refractivity contribution in [3.05, 3.63) is 57.0 Å². The number of anilines is 1. The molecule has 2 heterocycles. The number of pyridine rings is 1. The van der Waals surface area contributed by atoms with Crippen molar-refractivity contribution in [3.63, 3.8) is 0 Å². The van der Waals surface area contributed by atoms with Crippen molar-refractivity contribution in [1.82, 2.24) is 4.98 Å². The van der Waals surface area contributed by atoms with E-state index >= 15 is 0 Å². The van der Waals surface area contributed by atoms with Crippen LogP contribution in [0.1, 0.15) is 15.2 Å². The largest absolute Gasteiger partial charge is 0.451 e. The fraction of sp³-hybridized carbons (Fsp3) is 0.118. The van der Waals surface area contributed by atoms with Crippen LogP contribution >= 0.6 is 34.5 Å². The minimum Gasteiger partial charge on any atom is -0.451 e. The molecule has 0 aliphatic rings. The van der Waals surface area contributed by atoms with Crippen LogP contribution in [0.4, 0.5) is 19.0 Å². The number of carbonyl (C=O) groups excluding carboxylic acids is 2. The summed E-state index contributed by atoms with van der Waals surface area (Å²) in [5.41, 5.74) is -1.05. The lowest BCUT2D eigenvalue weighted by Crippen LogP contribution is -2.21. The molecule has 0 unspecified atom stereocenters. The summed E-state index contributed by atoms with van der Waals surface area (Å²) >= 11 is 13.0. The second kappa shape index (κ2) is 7.94. The normalized spacial score (nSPS) is 11.5. The number of benzene rings is 1. The van der Waals surface area contributed by atoms with Gasteiger partial charge >= 0.3 is 12.1 Å². The van der Waals surface area contributed by atoms with Crippen molar-refractivity contribution in [2.45, 2.75) is 6.18 Å². The smallest absolute Gasteiger partial charge is 0.417 e. The number of esters is 1. The molecule has 28 heavy (non-hydrogen) atoms. The van der Waals surface area contributed by atoms with Crippen molar-refractivity contribution in [3.8, 4) is 0 Å². The van der Waals surface area contributed by atoms with Gasteiger partial charge in [0.25, 0.3) is 5.91 Å². The molecule has 1 N–H and O–H groups in total. The number of hydrogen-bond donors (Lipinski definition) is 1. The highest BCUT2D eigenvalue weighted by Crippen LogP contribution is 2.35. The first-order valence-corrected chi connectivity index (χ1v) is 9.11. The molecule has 0 radical (unpaired) electrons. The van der Waals surface area contributed by atoms with E-state index in [0.717, 1.165) is 16.0 Å². The topological polar surface area (TPSA) is 68.3 Å². The van der Waals surface area contributed by atoms with Gasteiger partial charge in [0, 0.05) is 16.3 Å². The first kappa shape index (κ1) is 20.4. The Morgan fingerprint density at radius 1 is 1.21 bits per heavy atom. The number of aromatic nitrogens is 1. The van der Waals surface area contributed by atoms with E-state index in [4.69, 9.17) is 27.9 Å². The molecule has 0 saturated heterocycles. The number of nitrogens with zero attached hydrogens (tertiary/aromatic N) is 1. The molecule has 2 aromatic heterocycles. The maximum Gasteiger partial charge on any atom is 0.417 e. The monoisotopic (exact) mass is 448 g/mol. The summed E-state index contributed by atoms with van der Waals surface area (Å²) in [5, 5.41) is 2.69. The van der Waals surface area contributed by atoms with E-state index in [9.17, 15) is 22.8 Å². The predicted molar refractivity (Wildman–Crippen MR) is 100.0 cm³/mol. The Hall–Kier alpha value is -2.36. The van der Waals surface area contributed by atoms with Crippen LogP contribution < -0.4 is 5.32 Å². The van der Waals surface area contributed by atoms with E-state index in [1.54, 1.807) is 24.3 Å². The minimum absolute atomic E-state index is 0.140. The van der Waals surface area contributed by atoms with E-state index in [-0.39, 0.29) is 15.7 Å². The highest BCUT2D eigenvalue weighted by atomic mass is 35.5. The number of alkyl halides is 3. The Morgan fingerprint density at radius 3 is 2.57 bits per heavy atom. The van der Waals surface area contributed by atoms with Crippen LogP contribution in [-0.2, 0) is 15.7 Å². The predicted octanol–water partition coefficient (Wildman–Crippen LogP) is 5.42. The molecule has 0 bridgehead atoms. The van der Waals surface area contributed by atoms with Crippen molar-refractivity contribution in [2.24, 2.45) is 0 Å². The fourth-order valence-corrected chi connectivity index (χ4v) is 3.81. The Kier molecular flexibility index (Phi) is 5.78. The van der Waals surface area contributed by atoms with Gasteiger partial charge in [-0.15, -0.1) is 11.3 Å². The first-order valence-electron chi connectivity index (χ1n) is 7.53. The molecule has 1 aromatic carbocycles. The van der Waals surface area contributed by atoms with Crippen molar-refractivity contribution >= 4 is 62.3 Å². The number of thiophene rings is 1. The lowest BCUT2D eigenvalue weighted by atomic mass is 10.2. The highest BCUT2D eigenvalue weighted by molar-refractivity contribution is 7.21. The third-order valence-corrected chi connectivity index (χ3v) is 5.42. The molecule has 3 rings (SSSR count). The zero-order chi connectivity index (χ0) is 20.5. The van der Waals surface area contributed by atoms with Gasteiger partial charge < -0.3 is 10.1 Å². The van der Waals surface area contributed by atoms with Crippen LogP contribution in [0.2, 0.25) is 10.0 Å². The van der Waals surface area contributed by atoms with Gasteiger partial charge in [0.15, 0.2) is 12.4 Å². The zero-order valence-electron chi connectivity index (χ0n) is 13.6. The number of amides is 1. The average molecular weight is 449 g/mol. The molecule has 0 aliphatic carbocycles. The lowest BCUT2D eigenvalue weighted by Gasteiger charge is -2.10. The van der Waals surface area contributed by atoms with Crippen molar-refractivity contribution < 1.29 is 27.5 Å². The molecule has 0 aliphatic heterocycles. The molecule has 3 aromatic rings. The quantitative estimate of drug-likeness (QED) is 0.541. The molecule has 146 valence electrons. The molecular formula is C17H9Cl2F3N2O3S. The molecule has 1 amide bonds. The molecule has 0 fully saturated rings. The van der Waals surface area contributed by atoms with Crippen LogP contribution in [-0.4, -0.2) is 23.5 Å². The van der Waals surface area contributed by atoms with E-state index in [1.165, 1.54) is 0 Å². The fourth-order valence-electron chi connectivity index (χ4n) is 2.20. The second-order valence-electron chi connectivity index (χ2n) is 5.42. The minimum atomic E-state index is -4.61. The summed E-state index contributed by atoms with van der Waals surface area (Å²) < 4.78 is 43.5. The number of rotatable bonds is 4. The third-order valence-electron chi connectivity index (χ3n) is 3.48. The van der Waals surface area contributed by atoms with E-state index in [0.29, 0.717) is 17.6 Å². The number of fused-ring (bicyclic) bond motifs is 1. The summed E-state index contributed by atoms with van der Waals surface area (Å²) in [5.74, 6) is -1.90. The van der Waals surface area contributed by atoms with Gasteiger partial charge in [0.05, 0.1) is 15.6 Å². The summed E-state index contributed by atoms with van der Waals surface area (Å²) in [6.45, 7) is -0.692. The first-order chi connectivity index (χ1) is 13.2. The summed E-state index contributed by atoms with van der Waals surface area (Å²) in [4.78, 5) is 27.7. The summed E-state index contributed by atoms with van der Waals surface area (Å²) in [6.07, 6.45) is -4.08. The molecule has 11 heteroatoms. The van der Waals surface area contributed by atoms with Gasteiger partial charge in [0.2, 0.25) is 0 Å². The Bertz CT molecular complexity index is 1070. The maximum absolute atomic E-state index is 12.6. The summed E-state index contributed by atoms with van der Waals surface area (Å²) in [7, 11) is 0.